The number of rotatable bonds is 6. The largest absolute Gasteiger partial charge is 0.481 e. The Morgan fingerprint density at radius 3 is 2.40 bits per heavy atom. The molecule has 0 saturated carbocycles. The van der Waals surface area contributed by atoms with E-state index in [-0.39, 0.29) is 6.61 Å². The fourth-order valence-electron chi connectivity index (χ4n) is 2.25. The van der Waals surface area contributed by atoms with Crippen LogP contribution < -0.4 is 10.1 Å². The average Bonchev–Trinajstić information content (AvgIpc) is 2.54. The zero-order valence-electron chi connectivity index (χ0n) is 14.3. The molecule has 2 rings (SSSR count). The zero-order chi connectivity index (χ0) is 18.4. The Bertz CT molecular complexity index is 756. The molecule has 0 aliphatic carbocycles. The van der Waals surface area contributed by atoms with E-state index in [9.17, 15) is 14.0 Å². The molecule has 0 saturated heterocycles. The molecule has 0 radical (unpaired) electrons. The lowest BCUT2D eigenvalue weighted by atomic mass is 10.1. The number of nitrogens with one attached hydrogen (secondary N) is 1. The molecular weight excluding hydrogens is 325 g/mol. The highest BCUT2D eigenvalue weighted by atomic mass is 19.1. The van der Waals surface area contributed by atoms with Crippen molar-refractivity contribution in [3.05, 3.63) is 59.4 Å². The van der Waals surface area contributed by atoms with Gasteiger partial charge in [-0.15, -0.1) is 0 Å². The molecule has 0 spiro atoms. The van der Waals surface area contributed by atoms with E-state index in [1.165, 1.54) is 25.1 Å². The lowest BCUT2D eigenvalue weighted by molar-refractivity contribution is -0.155. The van der Waals surface area contributed by atoms with Gasteiger partial charge in [-0.1, -0.05) is 24.3 Å². The number of hydrogen-bond donors (Lipinski definition) is 1. The van der Waals surface area contributed by atoms with Gasteiger partial charge >= 0.3 is 5.97 Å². The van der Waals surface area contributed by atoms with Gasteiger partial charge in [0, 0.05) is 5.69 Å². The molecule has 132 valence electrons. The van der Waals surface area contributed by atoms with Crippen molar-refractivity contribution >= 4 is 17.6 Å². The van der Waals surface area contributed by atoms with Crippen molar-refractivity contribution in [3.8, 4) is 5.75 Å². The number of carbonyl (C=O) groups is 2. The maximum absolute atomic E-state index is 13.1. The van der Waals surface area contributed by atoms with Crippen LogP contribution in [0, 0.1) is 19.7 Å². The number of benzene rings is 2. The average molecular weight is 345 g/mol. The van der Waals surface area contributed by atoms with E-state index in [0.29, 0.717) is 11.4 Å². The lowest BCUT2D eigenvalue weighted by Gasteiger charge is -2.15. The van der Waals surface area contributed by atoms with Crippen LogP contribution in [0.15, 0.2) is 42.5 Å². The third-order valence-electron chi connectivity index (χ3n) is 3.51. The van der Waals surface area contributed by atoms with Crippen LogP contribution in [0.3, 0.4) is 0 Å². The molecule has 25 heavy (non-hydrogen) atoms. The number of anilines is 1. The molecule has 2 aromatic rings. The lowest BCUT2D eigenvalue weighted by Crippen LogP contribution is -2.31. The van der Waals surface area contributed by atoms with Gasteiger partial charge in [-0.25, -0.2) is 9.18 Å². The Morgan fingerprint density at radius 2 is 1.76 bits per heavy atom. The highest BCUT2D eigenvalue weighted by Gasteiger charge is 2.19. The fourth-order valence-corrected chi connectivity index (χ4v) is 2.25. The normalized spacial score (nSPS) is 11.5. The number of esters is 1. The Kier molecular flexibility index (Phi) is 6.11. The third kappa shape index (κ3) is 5.31. The number of amides is 1. The summed E-state index contributed by atoms with van der Waals surface area (Å²) in [4.78, 5) is 23.9. The first-order valence-electron chi connectivity index (χ1n) is 7.81. The number of carbonyl (C=O) groups excluding carboxylic acids is 2. The summed E-state index contributed by atoms with van der Waals surface area (Å²) in [5, 5.41) is 2.48. The van der Waals surface area contributed by atoms with Gasteiger partial charge in [0.15, 0.2) is 12.7 Å². The van der Waals surface area contributed by atoms with E-state index in [0.717, 1.165) is 11.1 Å². The number of para-hydroxylation sites is 1. The molecule has 0 aliphatic heterocycles. The van der Waals surface area contributed by atoms with Gasteiger partial charge in [-0.05, 0) is 50.1 Å². The van der Waals surface area contributed by atoms with Crippen molar-refractivity contribution in [1.29, 1.82) is 0 Å². The first-order valence-corrected chi connectivity index (χ1v) is 7.81. The quantitative estimate of drug-likeness (QED) is 0.815. The van der Waals surface area contributed by atoms with E-state index in [4.69, 9.17) is 9.47 Å². The maximum Gasteiger partial charge on any atom is 0.344 e. The van der Waals surface area contributed by atoms with Gasteiger partial charge in [0.2, 0.25) is 0 Å². The van der Waals surface area contributed by atoms with E-state index < -0.39 is 23.8 Å². The van der Waals surface area contributed by atoms with Crippen LogP contribution in [-0.4, -0.2) is 24.6 Å². The van der Waals surface area contributed by atoms with Crippen LogP contribution in [0.25, 0.3) is 0 Å². The molecule has 5 nitrogen and oxygen atoms in total. The summed E-state index contributed by atoms with van der Waals surface area (Å²) in [6, 6.07) is 11.1. The van der Waals surface area contributed by atoms with Crippen molar-refractivity contribution in [2.75, 3.05) is 11.9 Å². The molecule has 2 aromatic carbocycles. The highest BCUT2D eigenvalue weighted by molar-refractivity contribution is 5.95. The fraction of sp³-hybridized carbons (Fsp3) is 0.263. The van der Waals surface area contributed by atoms with Crippen molar-refractivity contribution in [2.45, 2.75) is 26.9 Å². The summed E-state index contributed by atoms with van der Waals surface area (Å²) >= 11 is 0. The van der Waals surface area contributed by atoms with Gasteiger partial charge in [0.25, 0.3) is 5.91 Å². The molecule has 0 heterocycles. The summed E-state index contributed by atoms with van der Waals surface area (Å²) in [6.07, 6.45) is -1.03. The van der Waals surface area contributed by atoms with Crippen molar-refractivity contribution in [2.24, 2.45) is 0 Å². The topological polar surface area (TPSA) is 64.6 Å². The molecule has 0 aromatic heterocycles. The van der Waals surface area contributed by atoms with Crippen LogP contribution >= 0.6 is 0 Å². The molecular formula is C19H20FNO4. The van der Waals surface area contributed by atoms with E-state index in [2.05, 4.69) is 5.32 Å². The minimum atomic E-state index is -1.03. The number of ether oxygens (including phenoxy) is 2. The third-order valence-corrected chi connectivity index (χ3v) is 3.51. The Morgan fingerprint density at radius 1 is 1.12 bits per heavy atom. The molecule has 0 fully saturated rings. The number of aryl methyl sites for hydroxylation is 2. The Hall–Kier alpha value is -2.89. The van der Waals surface area contributed by atoms with Gasteiger partial charge in [0.05, 0.1) is 0 Å². The summed E-state index contributed by atoms with van der Waals surface area (Å²) in [5.41, 5.74) is 2.11. The second-order valence-electron chi connectivity index (χ2n) is 5.64. The smallest absolute Gasteiger partial charge is 0.344 e. The van der Waals surface area contributed by atoms with E-state index in [1.54, 1.807) is 6.07 Å². The van der Waals surface area contributed by atoms with Crippen LogP contribution in [0.1, 0.15) is 18.1 Å². The molecule has 6 heteroatoms. The molecule has 0 bridgehead atoms. The van der Waals surface area contributed by atoms with Crippen molar-refractivity contribution < 1.29 is 23.5 Å². The molecule has 1 unspecified atom stereocenters. The minimum Gasteiger partial charge on any atom is -0.481 e. The SMILES string of the molecule is Cc1cccc(C)c1OCC(=O)OC(C)C(=O)Nc1cccc(F)c1. The first-order chi connectivity index (χ1) is 11.9. The first kappa shape index (κ1) is 18.4. The Balaban J connectivity index is 1.86. The van der Waals surface area contributed by atoms with Crippen molar-refractivity contribution in [1.82, 2.24) is 0 Å². The number of halogens is 1. The summed E-state index contributed by atoms with van der Waals surface area (Å²) in [7, 11) is 0. The van der Waals surface area contributed by atoms with Crippen LogP contribution in [0.5, 0.6) is 5.75 Å². The van der Waals surface area contributed by atoms with Gasteiger partial charge in [0.1, 0.15) is 11.6 Å². The summed E-state index contributed by atoms with van der Waals surface area (Å²) in [5.74, 6) is -1.06. The van der Waals surface area contributed by atoms with E-state index in [1.807, 2.05) is 32.0 Å². The Labute approximate surface area is 145 Å². The van der Waals surface area contributed by atoms with Gasteiger partial charge in [-0.3, -0.25) is 4.79 Å². The molecule has 0 aliphatic rings. The molecule has 1 atom stereocenters. The standard InChI is InChI=1S/C19H20FNO4/c1-12-6-4-7-13(2)18(12)24-11-17(22)25-14(3)19(23)21-16-9-5-8-15(20)10-16/h4-10,14H,11H2,1-3H3,(H,21,23). The van der Waals surface area contributed by atoms with Crippen LogP contribution in [0.2, 0.25) is 0 Å². The highest BCUT2D eigenvalue weighted by Crippen LogP contribution is 2.22. The zero-order valence-corrected chi connectivity index (χ0v) is 14.3. The van der Waals surface area contributed by atoms with Crippen molar-refractivity contribution in [3.63, 3.8) is 0 Å². The maximum atomic E-state index is 13.1. The van der Waals surface area contributed by atoms with E-state index >= 15 is 0 Å². The summed E-state index contributed by atoms with van der Waals surface area (Å²) < 4.78 is 23.6. The van der Waals surface area contributed by atoms with Crippen LogP contribution in [-0.2, 0) is 14.3 Å². The summed E-state index contributed by atoms with van der Waals surface area (Å²) in [6.45, 7) is 4.89. The predicted octanol–water partition coefficient (Wildman–Crippen LogP) is 3.39. The second-order valence-corrected chi connectivity index (χ2v) is 5.64. The molecule has 1 amide bonds. The van der Waals surface area contributed by atoms with Crippen LogP contribution in [0.4, 0.5) is 10.1 Å². The second kappa shape index (κ2) is 8.28. The number of hydrogen-bond acceptors (Lipinski definition) is 4. The minimum absolute atomic E-state index is 0.291. The monoisotopic (exact) mass is 345 g/mol. The molecule has 1 N–H and O–H groups in total. The van der Waals surface area contributed by atoms with Gasteiger partial charge in [-0.2, -0.15) is 0 Å². The van der Waals surface area contributed by atoms with Gasteiger partial charge < -0.3 is 14.8 Å². The predicted molar refractivity (Wildman–Crippen MR) is 92.0 cm³/mol.